The number of methoxy groups -OCH3 is 1. The predicted molar refractivity (Wildman–Crippen MR) is 72.7 cm³/mol. The average Bonchev–Trinajstić information content (AvgIpc) is 2.37. The molecule has 1 fully saturated rings. The third kappa shape index (κ3) is 2.85. The lowest BCUT2D eigenvalue weighted by Crippen LogP contribution is -2.45. The molecule has 0 aliphatic heterocycles. The van der Waals surface area contributed by atoms with Gasteiger partial charge in [0.25, 0.3) is 0 Å². The van der Waals surface area contributed by atoms with E-state index < -0.39 is 5.60 Å². The van der Waals surface area contributed by atoms with Crippen LogP contribution in [0.5, 0.6) is 11.5 Å². The first-order chi connectivity index (χ1) is 9.12. The molecule has 0 amide bonds. The molecule has 0 aromatic heterocycles. The summed E-state index contributed by atoms with van der Waals surface area (Å²) in [6.07, 6.45) is 1.40. The molecule has 0 radical (unpaired) electrons. The van der Waals surface area contributed by atoms with Gasteiger partial charge >= 0.3 is 0 Å². The van der Waals surface area contributed by atoms with E-state index in [1.165, 1.54) is 0 Å². The van der Waals surface area contributed by atoms with Gasteiger partial charge in [-0.2, -0.15) is 0 Å². The van der Waals surface area contributed by atoms with Crippen LogP contribution in [0.15, 0.2) is 18.2 Å². The Morgan fingerprint density at radius 3 is 2.37 bits per heavy atom. The van der Waals surface area contributed by atoms with Gasteiger partial charge in [0.05, 0.1) is 24.9 Å². The Hall–Kier alpha value is -1.26. The van der Waals surface area contributed by atoms with E-state index in [-0.39, 0.29) is 6.10 Å². The first kappa shape index (κ1) is 14.2. The zero-order chi connectivity index (χ0) is 13.9. The molecule has 2 rings (SSSR count). The van der Waals surface area contributed by atoms with Gasteiger partial charge in [0.15, 0.2) is 11.5 Å². The summed E-state index contributed by atoms with van der Waals surface area (Å²) in [4.78, 5) is 0. The van der Waals surface area contributed by atoms with E-state index in [1.54, 1.807) is 7.11 Å². The number of hydrogen-bond acceptors (Lipinski definition) is 4. The Kier molecular flexibility index (Phi) is 4.32. The normalized spacial score (nSPS) is 25.8. The van der Waals surface area contributed by atoms with Gasteiger partial charge in [-0.05, 0) is 31.5 Å². The van der Waals surface area contributed by atoms with Crippen molar-refractivity contribution >= 4 is 0 Å². The van der Waals surface area contributed by atoms with Gasteiger partial charge < -0.3 is 19.3 Å². The Morgan fingerprint density at radius 2 is 1.79 bits per heavy atom. The lowest BCUT2D eigenvalue weighted by Gasteiger charge is -2.43. The monoisotopic (exact) mass is 266 g/mol. The fourth-order valence-corrected chi connectivity index (χ4v) is 2.44. The van der Waals surface area contributed by atoms with Crippen LogP contribution in [-0.2, 0) is 10.3 Å². The van der Waals surface area contributed by atoms with Gasteiger partial charge in [0.2, 0.25) is 0 Å². The largest absolute Gasteiger partial charge is 0.490 e. The maximum atomic E-state index is 10.5. The molecule has 1 aromatic rings. The molecular weight excluding hydrogens is 244 g/mol. The minimum atomic E-state index is -0.794. The van der Waals surface area contributed by atoms with E-state index in [0.29, 0.717) is 31.8 Å². The summed E-state index contributed by atoms with van der Waals surface area (Å²) in [6, 6.07) is 5.64. The highest BCUT2D eigenvalue weighted by molar-refractivity contribution is 5.45. The minimum Gasteiger partial charge on any atom is -0.490 e. The van der Waals surface area contributed by atoms with Gasteiger partial charge in [-0.1, -0.05) is 6.07 Å². The van der Waals surface area contributed by atoms with Crippen LogP contribution in [0.25, 0.3) is 0 Å². The van der Waals surface area contributed by atoms with Crippen molar-refractivity contribution in [1.29, 1.82) is 0 Å². The Bertz CT molecular complexity index is 424. The number of ether oxygens (including phenoxy) is 3. The Labute approximate surface area is 114 Å². The fraction of sp³-hybridized carbons (Fsp3) is 0.600. The predicted octanol–water partition coefficient (Wildman–Crippen LogP) is 2.48. The van der Waals surface area contributed by atoms with E-state index in [1.807, 2.05) is 32.0 Å². The quantitative estimate of drug-likeness (QED) is 0.859. The van der Waals surface area contributed by atoms with Crippen molar-refractivity contribution < 1.29 is 19.3 Å². The SMILES string of the molecule is CCOc1ccc(C2(O)CC(OC)C2)cc1OCC. The molecule has 1 aliphatic rings. The number of aliphatic hydroxyl groups is 1. The second-order valence-electron chi connectivity index (χ2n) is 4.83. The molecule has 1 saturated carbocycles. The summed E-state index contributed by atoms with van der Waals surface area (Å²) in [5.74, 6) is 1.41. The summed E-state index contributed by atoms with van der Waals surface area (Å²) in [7, 11) is 1.67. The summed E-state index contributed by atoms with van der Waals surface area (Å²) < 4.78 is 16.3. The lowest BCUT2D eigenvalue weighted by molar-refractivity contribution is -0.133. The number of rotatable bonds is 6. The van der Waals surface area contributed by atoms with E-state index >= 15 is 0 Å². The van der Waals surface area contributed by atoms with Gasteiger partial charge in [-0.3, -0.25) is 0 Å². The molecule has 1 aromatic carbocycles. The zero-order valence-corrected chi connectivity index (χ0v) is 11.8. The van der Waals surface area contributed by atoms with Crippen LogP contribution in [0.4, 0.5) is 0 Å². The van der Waals surface area contributed by atoms with Crippen molar-refractivity contribution in [3.63, 3.8) is 0 Å². The lowest BCUT2D eigenvalue weighted by atomic mass is 9.73. The van der Waals surface area contributed by atoms with E-state index in [2.05, 4.69) is 0 Å². The smallest absolute Gasteiger partial charge is 0.161 e. The summed E-state index contributed by atoms with van der Waals surface area (Å²) >= 11 is 0. The van der Waals surface area contributed by atoms with Gasteiger partial charge in [0, 0.05) is 20.0 Å². The molecule has 0 spiro atoms. The van der Waals surface area contributed by atoms with Crippen molar-refractivity contribution in [3.8, 4) is 11.5 Å². The minimum absolute atomic E-state index is 0.145. The molecule has 0 heterocycles. The van der Waals surface area contributed by atoms with Gasteiger partial charge in [0.1, 0.15) is 0 Å². The van der Waals surface area contributed by atoms with Crippen LogP contribution in [0, 0.1) is 0 Å². The first-order valence-corrected chi connectivity index (χ1v) is 6.78. The molecule has 1 aliphatic carbocycles. The topological polar surface area (TPSA) is 47.9 Å². The highest BCUT2D eigenvalue weighted by Crippen LogP contribution is 2.44. The van der Waals surface area contributed by atoms with Gasteiger partial charge in [-0.15, -0.1) is 0 Å². The first-order valence-electron chi connectivity index (χ1n) is 6.78. The standard InChI is InChI=1S/C15H22O4/c1-4-18-13-7-6-11(8-14(13)19-5-2)15(16)9-12(10-15)17-3/h6-8,12,16H,4-5,9-10H2,1-3H3. The molecule has 4 nitrogen and oxygen atoms in total. The maximum Gasteiger partial charge on any atom is 0.161 e. The van der Waals surface area contributed by atoms with E-state index in [0.717, 1.165) is 11.3 Å². The number of hydrogen-bond donors (Lipinski definition) is 1. The summed E-state index contributed by atoms with van der Waals surface area (Å²) in [5.41, 5.74) is 0.0739. The van der Waals surface area contributed by atoms with Crippen LogP contribution in [0.1, 0.15) is 32.3 Å². The van der Waals surface area contributed by atoms with Crippen LogP contribution in [0.3, 0.4) is 0 Å². The van der Waals surface area contributed by atoms with Crippen molar-refractivity contribution in [2.75, 3.05) is 20.3 Å². The summed E-state index contributed by atoms with van der Waals surface area (Å²) in [6.45, 7) is 5.03. The van der Waals surface area contributed by atoms with Crippen LogP contribution < -0.4 is 9.47 Å². The highest BCUT2D eigenvalue weighted by atomic mass is 16.5. The molecule has 1 N–H and O–H groups in total. The highest BCUT2D eigenvalue weighted by Gasteiger charge is 2.44. The van der Waals surface area contributed by atoms with Crippen molar-refractivity contribution in [2.24, 2.45) is 0 Å². The van der Waals surface area contributed by atoms with Crippen LogP contribution >= 0.6 is 0 Å². The molecule has 0 unspecified atom stereocenters. The zero-order valence-electron chi connectivity index (χ0n) is 11.8. The molecule has 4 heteroatoms. The second-order valence-corrected chi connectivity index (χ2v) is 4.83. The molecule has 0 saturated heterocycles. The summed E-state index contributed by atoms with van der Waals surface area (Å²) in [5, 5.41) is 10.5. The third-order valence-corrected chi connectivity index (χ3v) is 3.54. The maximum absolute atomic E-state index is 10.5. The van der Waals surface area contributed by atoms with Crippen molar-refractivity contribution in [1.82, 2.24) is 0 Å². The molecule has 19 heavy (non-hydrogen) atoms. The fourth-order valence-electron chi connectivity index (χ4n) is 2.44. The van der Waals surface area contributed by atoms with Crippen molar-refractivity contribution in [2.45, 2.75) is 38.4 Å². The van der Waals surface area contributed by atoms with Crippen molar-refractivity contribution in [3.05, 3.63) is 23.8 Å². The van der Waals surface area contributed by atoms with Gasteiger partial charge in [-0.25, -0.2) is 0 Å². The van der Waals surface area contributed by atoms with E-state index in [9.17, 15) is 5.11 Å². The molecule has 0 atom stereocenters. The molecule has 0 bridgehead atoms. The molecule has 106 valence electrons. The molecular formula is C15H22O4. The third-order valence-electron chi connectivity index (χ3n) is 3.54. The van der Waals surface area contributed by atoms with Crippen LogP contribution in [-0.4, -0.2) is 31.5 Å². The Morgan fingerprint density at radius 1 is 1.16 bits per heavy atom. The van der Waals surface area contributed by atoms with Crippen LogP contribution in [0.2, 0.25) is 0 Å². The second kappa shape index (κ2) is 5.80. The number of benzene rings is 1. The average molecular weight is 266 g/mol. The Balaban J connectivity index is 2.20. The van der Waals surface area contributed by atoms with E-state index in [4.69, 9.17) is 14.2 Å².